The highest BCUT2D eigenvalue weighted by Crippen LogP contribution is 2.26. The van der Waals surface area contributed by atoms with Crippen LogP contribution in [0.15, 0.2) is 0 Å². The fraction of sp³-hybridized carbons (Fsp3) is 1.00. The van der Waals surface area contributed by atoms with Gasteiger partial charge in [0.05, 0.1) is 25.7 Å². The van der Waals surface area contributed by atoms with Crippen LogP contribution in [0.4, 0.5) is 13.2 Å². The Hall–Kier alpha value is -0.290. The van der Waals surface area contributed by atoms with Crippen LogP contribution >= 0.6 is 0 Å². The SMILES string of the molecule is OC(COCCC(F)(F)F)C1CCCCC1. The molecule has 0 radical (unpaired) electrons. The molecular formula is C11H19F3O2. The summed E-state index contributed by atoms with van der Waals surface area (Å²) in [5.74, 6) is 0.208. The number of rotatable bonds is 5. The van der Waals surface area contributed by atoms with Gasteiger partial charge in [0.1, 0.15) is 0 Å². The van der Waals surface area contributed by atoms with Crippen molar-refractivity contribution >= 4 is 0 Å². The minimum absolute atomic E-state index is 0.0285. The normalized spacial score (nSPS) is 21.0. The van der Waals surface area contributed by atoms with Gasteiger partial charge in [-0.25, -0.2) is 0 Å². The lowest BCUT2D eigenvalue weighted by atomic mass is 9.85. The van der Waals surface area contributed by atoms with Gasteiger partial charge in [0.25, 0.3) is 0 Å². The highest BCUT2D eigenvalue weighted by atomic mass is 19.4. The third-order valence-electron chi connectivity index (χ3n) is 3.01. The van der Waals surface area contributed by atoms with Crippen LogP contribution in [0, 0.1) is 5.92 Å². The molecule has 0 amide bonds. The zero-order valence-corrected chi connectivity index (χ0v) is 9.30. The molecule has 0 heterocycles. The van der Waals surface area contributed by atoms with E-state index in [1.54, 1.807) is 0 Å². The summed E-state index contributed by atoms with van der Waals surface area (Å²) in [5, 5.41) is 9.70. The summed E-state index contributed by atoms with van der Waals surface area (Å²) in [4.78, 5) is 0. The Morgan fingerprint density at radius 3 is 2.38 bits per heavy atom. The van der Waals surface area contributed by atoms with Gasteiger partial charge in [-0.2, -0.15) is 13.2 Å². The molecule has 0 aromatic carbocycles. The molecule has 96 valence electrons. The van der Waals surface area contributed by atoms with E-state index in [1.165, 1.54) is 6.42 Å². The van der Waals surface area contributed by atoms with Gasteiger partial charge < -0.3 is 9.84 Å². The molecule has 0 aliphatic heterocycles. The maximum Gasteiger partial charge on any atom is 0.391 e. The van der Waals surface area contributed by atoms with Gasteiger partial charge in [-0.3, -0.25) is 0 Å². The van der Waals surface area contributed by atoms with E-state index in [-0.39, 0.29) is 19.1 Å². The molecule has 0 spiro atoms. The van der Waals surface area contributed by atoms with E-state index in [1.807, 2.05) is 0 Å². The third kappa shape index (κ3) is 5.70. The minimum Gasteiger partial charge on any atom is -0.390 e. The van der Waals surface area contributed by atoms with Crippen LogP contribution in [0.25, 0.3) is 0 Å². The lowest BCUT2D eigenvalue weighted by molar-refractivity contribution is -0.148. The number of hydrogen-bond donors (Lipinski definition) is 1. The van der Waals surface area contributed by atoms with Crippen LogP contribution in [0.3, 0.4) is 0 Å². The zero-order valence-electron chi connectivity index (χ0n) is 9.30. The standard InChI is InChI=1S/C11H19F3O2/c12-11(13,14)6-7-16-8-10(15)9-4-2-1-3-5-9/h9-10,15H,1-8H2. The van der Waals surface area contributed by atoms with E-state index in [0.29, 0.717) is 0 Å². The van der Waals surface area contributed by atoms with Crippen molar-refractivity contribution in [3.05, 3.63) is 0 Å². The topological polar surface area (TPSA) is 29.5 Å². The van der Waals surface area contributed by atoms with Crippen molar-refractivity contribution < 1.29 is 23.0 Å². The summed E-state index contributed by atoms with van der Waals surface area (Å²) in [7, 11) is 0. The number of halogens is 3. The summed E-state index contributed by atoms with van der Waals surface area (Å²) in [5.41, 5.74) is 0. The van der Waals surface area contributed by atoms with Crippen LogP contribution in [-0.2, 0) is 4.74 Å². The van der Waals surface area contributed by atoms with Gasteiger partial charge in [-0.15, -0.1) is 0 Å². The van der Waals surface area contributed by atoms with Crippen molar-refractivity contribution in [1.29, 1.82) is 0 Å². The van der Waals surface area contributed by atoms with Crippen LogP contribution in [0.2, 0.25) is 0 Å². The first-order valence-electron chi connectivity index (χ1n) is 5.81. The van der Waals surface area contributed by atoms with Crippen molar-refractivity contribution in [2.45, 2.75) is 50.8 Å². The first kappa shape index (κ1) is 13.8. The summed E-state index contributed by atoms with van der Waals surface area (Å²) >= 11 is 0. The second-order valence-electron chi connectivity index (χ2n) is 4.41. The predicted octanol–water partition coefficient (Wildman–Crippen LogP) is 2.90. The van der Waals surface area contributed by atoms with Crippen molar-refractivity contribution in [1.82, 2.24) is 0 Å². The molecule has 1 fully saturated rings. The number of aliphatic hydroxyl groups excluding tert-OH is 1. The molecule has 2 nitrogen and oxygen atoms in total. The molecule has 0 bridgehead atoms. The molecule has 16 heavy (non-hydrogen) atoms. The molecule has 1 N–H and O–H groups in total. The Morgan fingerprint density at radius 2 is 1.81 bits per heavy atom. The van der Waals surface area contributed by atoms with Crippen LogP contribution in [0.5, 0.6) is 0 Å². The molecule has 1 unspecified atom stereocenters. The molecule has 0 aromatic heterocycles. The molecule has 0 saturated heterocycles. The third-order valence-corrected chi connectivity index (χ3v) is 3.01. The van der Waals surface area contributed by atoms with Crippen molar-refractivity contribution in [2.75, 3.05) is 13.2 Å². The van der Waals surface area contributed by atoms with Gasteiger partial charge in [0.2, 0.25) is 0 Å². The molecule has 0 aromatic rings. The minimum atomic E-state index is -4.17. The fourth-order valence-corrected chi connectivity index (χ4v) is 2.05. The van der Waals surface area contributed by atoms with E-state index >= 15 is 0 Å². The lowest BCUT2D eigenvalue weighted by Gasteiger charge is -2.26. The Kier molecular flexibility index (Phi) is 5.55. The van der Waals surface area contributed by atoms with Crippen LogP contribution in [-0.4, -0.2) is 30.6 Å². The van der Waals surface area contributed by atoms with Gasteiger partial charge >= 0.3 is 6.18 Å². The highest BCUT2D eigenvalue weighted by Gasteiger charge is 2.27. The summed E-state index contributed by atoms with van der Waals surface area (Å²) < 4.78 is 40.2. The number of alkyl halides is 3. The lowest BCUT2D eigenvalue weighted by Crippen LogP contribution is -2.28. The van der Waals surface area contributed by atoms with Gasteiger partial charge in [-0.1, -0.05) is 19.3 Å². The van der Waals surface area contributed by atoms with Crippen molar-refractivity contribution in [3.8, 4) is 0 Å². The maximum atomic E-state index is 11.8. The number of hydrogen-bond acceptors (Lipinski definition) is 2. The summed E-state index contributed by atoms with van der Waals surface area (Å²) in [6.07, 6.45) is -0.394. The Bertz CT molecular complexity index is 188. The molecule has 1 rings (SSSR count). The van der Waals surface area contributed by atoms with E-state index in [0.717, 1.165) is 25.7 Å². The predicted molar refractivity (Wildman–Crippen MR) is 54.1 cm³/mol. The first-order valence-corrected chi connectivity index (χ1v) is 5.81. The molecule has 1 aliphatic carbocycles. The Balaban J connectivity index is 2.07. The molecular weight excluding hydrogens is 221 g/mol. The average Bonchev–Trinajstić information content (AvgIpc) is 2.24. The smallest absolute Gasteiger partial charge is 0.390 e. The summed E-state index contributed by atoms with van der Waals surface area (Å²) in [6.45, 7) is -0.325. The monoisotopic (exact) mass is 240 g/mol. The van der Waals surface area contributed by atoms with Crippen molar-refractivity contribution in [2.24, 2.45) is 5.92 Å². The number of aliphatic hydroxyl groups is 1. The Morgan fingerprint density at radius 1 is 1.19 bits per heavy atom. The second-order valence-corrected chi connectivity index (χ2v) is 4.41. The van der Waals surface area contributed by atoms with Gasteiger partial charge in [0, 0.05) is 0 Å². The van der Waals surface area contributed by atoms with E-state index < -0.39 is 18.7 Å². The first-order chi connectivity index (χ1) is 7.49. The molecule has 1 saturated carbocycles. The second kappa shape index (κ2) is 6.45. The van der Waals surface area contributed by atoms with Gasteiger partial charge in [0.15, 0.2) is 0 Å². The van der Waals surface area contributed by atoms with E-state index in [2.05, 4.69) is 0 Å². The van der Waals surface area contributed by atoms with Crippen LogP contribution < -0.4 is 0 Å². The molecule has 5 heteroatoms. The fourth-order valence-electron chi connectivity index (χ4n) is 2.05. The largest absolute Gasteiger partial charge is 0.391 e. The number of ether oxygens (including phenoxy) is 1. The highest BCUT2D eigenvalue weighted by molar-refractivity contribution is 4.72. The van der Waals surface area contributed by atoms with E-state index in [9.17, 15) is 18.3 Å². The van der Waals surface area contributed by atoms with Gasteiger partial charge in [-0.05, 0) is 18.8 Å². The average molecular weight is 240 g/mol. The Labute approximate surface area is 93.8 Å². The van der Waals surface area contributed by atoms with E-state index in [4.69, 9.17) is 4.74 Å². The summed E-state index contributed by atoms with van der Waals surface area (Å²) in [6, 6.07) is 0. The molecule has 1 atom stereocenters. The van der Waals surface area contributed by atoms with Crippen molar-refractivity contribution in [3.63, 3.8) is 0 Å². The quantitative estimate of drug-likeness (QED) is 0.749. The maximum absolute atomic E-state index is 11.8. The zero-order chi connectivity index (χ0) is 12.0. The van der Waals surface area contributed by atoms with Crippen LogP contribution in [0.1, 0.15) is 38.5 Å². The molecule has 1 aliphatic rings.